The highest BCUT2D eigenvalue weighted by Gasteiger charge is 2.34. The van der Waals surface area contributed by atoms with E-state index in [1.807, 2.05) is 20.8 Å². The molecule has 0 spiro atoms. The lowest BCUT2D eigenvalue weighted by molar-refractivity contribution is -0.161. The van der Waals surface area contributed by atoms with Gasteiger partial charge in [0.2, 0.25) is 0 Å². The van der Waals surface area contributed by atoms with Crippen molar-refractivity contribution in [2.45, 2.75) is 64.3 Å². The number of carbonyl (C=O) groups is 1. The molecule has 1 aromatic rings. The molecule has 1 aliphatic rings. The van der Waals surface area contributed by atoms with Gasteiger partial charge in [-0.25, -0.2) is 0 Å². The fourth-order valence-electron chi connectivity index (χ4n) is 3.09. The van der Waals surface area contributed by atoms with Gasteiger partial charge in [0.05, 0.1) is 13.8 Å². The van der Waals surface area contributed by atoms with Gasteiger partial charge in [-0.05, 0) is 45.1 Å². The van der Waals surface area contributed by atoms with E-state index in [-0.39, 0.29) is 17.8 Å². The molecule has 1 saturated carbocycles. The maximum absolute atomic E-state index is 12.5. The minimum absolute atomic E-state index is 0.0123. The standard InChI is InChI=1S/C18H25BO2/c1-18(2,3)21-17(20)16-7-5-4-6-15(16)14-10-8-13(12-19)9-11-14/h8-11,15-16H,4-7,12H2,1-3H3/t15-,16?/m0/s1. The second kappa shape index (κ2) is 6.68. The minimum Gasteiger partial charge on any atom is -0.460 e. The first-order valence-corrected chi connectivity index (χ1v) is 7.92. The van der Waals surface area contributed by atoms with Gasteiger partial charge in [0, 0.05) is 0 Å². The third-order valence-corrected chi connectivity index (χ3v) is 4.12. The third kappa shape index (κ3) is 4.36. The number of hydrogen-bond acceptors (Lipinski definition) is 2. The molecule has 0 aromatic heterocycles. The molecular formula is C18H25BO2. The van der Waals surface area contributed by atoms with Gasteiger partial charge >= 0.3 is 5.97 Å². The monoisotopic (exact) mass is 284 g/mol. The molecule has 2 rings (SSSR count). The molecule has 3 heteroatoms. The van der Waals surface area contributed by atoms with Crippen molar-refractivity contribution in [2.24, 2.45) is 5.92 Å². The maximum atomic E-state index is 12.5. The Balaban J connectivity index is 2.16. The molecule has 0 saturated heterocycles. The summed E-state index contributed by atoms with van der Waals surface area (Å²) in [6.45, 7) is 5.79. The van der Waals surface area contributed by atoms with Crippen LogP contribution < -0.4 is 0 Å². The summed E-state index contributed by atoms with van der Waals surface area (Å²) in [5.74, 6) is 0.220. The maximum Gasteiger partial charge on any atom is 0.310 e. The fraction of sp³-hybridized carbons (Fsp3) is 0.611. The van der Waals surface area contributed by atoms with Crippen LogP contribution in [0.1, 0.15) is 63.5 Å². The van der Waals surface area contributed by atoms with Crippen molar-refractivity contribution in [3.8, 4) is 0 Å². The van der Waals surface area contributed by atoms with Gasteiger partial charge in [0.25, 0.3) is 0 Å². The van der Waals surface area contributed by atoms with Crippen LogP contribution in [0, 0.1) is 5.92 Å². The highest BCUT2D eigenvalue weighted by Crippen LogP contribution is 2.39. The van der Waals surface area contributed by atoms with Crippen LogP contribution in [0.3, 0.4) is 0 Å². The number of carbonyl (C=O) groups excluding carboxylic acids is 1. The van der Waals surface area contributed by atoms with Gasteiger partial charge in [-0.2, -0.15) is 0 Å². The second-order valence-electron chi connectivity index (χ2n) is 6.98. The molecule has 1 fully saturated rings. The lowest BCUT2D eigenvalue weighted by atomic mass is 9.75. The van der Waals surface area contributed by atoms with E-state index in [1.54, 1.807) is 0 Å². The molecule has 1 aliphatic carbocycles. The third-order valence-electron chi connectivity index (χ3n) is 4.12. The van der Waals surface area contributed by atoms with E-state index in [2.05, 4.69) is 24.3 Å². The number of rotatable bonds is 3. The molecule has 2 radical (unpaired) electrons. The number of hydrogen-bond donors (Lipinski definition) is 0. The van der Waals surface area contributed by atoms with E-state index >= 15 is 0 Å². The molecule has 0 bridgehead atoms. The van der Waals surface area contributed by atoms with E-state index in [0.29, 0.717) is 6.32 Å². The van der Waals surface area contributed by atoms with Crippen molar-refractivity contribution in [1.29, 1.82) is 0 Å². The molecule has 2 atom stereocenters. The Morgan fingerprint density at radius 2 is 1.81 bits per heavy atom. The highest BCUT2D eigenvalue weighted by atomic mass is 16.6. The second-order valence-corrected chi connectivity index (χ2v) is 6.98. The summed E-state index contributed by atoms with van der Waals surface area (Å²) in [5.41, 5.74) is 1.95. The average molecular weight is 284 g/mol. The van der Waals surface area contributed by atoms with E-state index in [0.717, 1.165) is 24.8 Å². The summed E-state index contributed by atoms with van der Waals surface area (Å²) in [7, 11) is 5.65. The SMILES string of the molecule is [B]Cc1ccc([C@@H]2CCCCC2C(=O)OC(C)(C)C)cc1. The van der Waals surface area contributed by atoms with Crippen molar-refractivity contribution in [3.63, 3.8) is 0 Å². The average Bonchev–Trinajstić information content (AvgIpc) is 2.45. The Morgan fingerprint density at radius 3 is 2.38 bits per heavy atom. The Labute approximate surface area is 129 Å². The minimum atomic E-state index is -0.414. The van der Waals surface area contributed by atoms with Crippen molar-refractivity contribution in [1.82, 2.24) is 0 Å². The Hall–Kier alpha value is -1.25. The largest absolute Gasteiger partial charge is 0.460 e. The lowest BCUT2D eigenvalue weighted by Gasteiger charge is -2.32. The van der Waals surface area contributed by atoms with Crippen molar-refractivity contribution in [2.75, 3.05) is 0 Å². The van der Waals surface area contributed by atoms with Crippen molar-refractivity contribution < 1.29 is 9.53 Å². The molecule has 21 heavy (non-hydrogen) atoms. The zero-order chi connectivity index (χ0) is 15.5. The molecule has 0 N–H and O–H groups in total. The quantitative estimate of drug-likeness (QED) is 0.620. The fourth-order valence-corrected chi connectivity index (χ4v) is 3.09. The Morgan fingerprint density at radius 1 is 1.19 bits per heavy atom. The van der Waals surface area contributed by atoms with Gasteiger partial charge in [-0.3, -0.25) is 4.79 Å². The molecule has 0 amide bonds. The van der Waals surface area contributed by atoms with Crippen LogP contribution >= 0.6 is 0 Å². The first-order valence-electron chi connectivity index (χ1n) is 7.92. The van der Waals surface area contributed by atoms with Crippen LogP contribution in [-0.4, -0.2) is 19.4 Å². The topological polar surface area (TPSA) is 26.3 Å². The van der Waals surface area contributed by atoms with Gasteiger partial charge in [-0.1, -0.05) is 49.0 Å². The van der Waals surface area contributed by atoms with E-state index in [1.165, 1.54) is 12.0 Å². The highest BCUT2D eigenvalue weighted by molar-refractivity contribution is 6.08. The summed E-state index contributed by atoms with van der Waals surface area (Å²) in [6, 6.07) is 8.37. The molecule has 112 valence electrons. The molecule has 2 nitrogen and oxygen atoms in total. The molecule has 0 aliphatic heterocycles. The smallest absolute Gasteiger partial charge is 0.310 e. The lowest BCUT2D eigenvalue weighted by Crippen LogP contribution is -2.33. The molecule has 1 aromatic carbocycles. The van der Waals surface area contributed by atoms with Gasteiger partial charge in [-0.15, -0.1) is 0 Å². The first kappa shape index (κ1) is 16.1. The van der Waals surface area contributed by atoms with Gasteiger partial charge in [0.1, 0.15) is 5.60 Å². The number of ether oxygens (including phenoxy) is 1. The van der Waals surface area contributed by atoms with E-state index in [4.69, 9.17) is 12.6 Å². The van der Waals surface area contributed by atoms with Crippen LogP contribution in [0.5, 0.6) is 0 Å². The summed E-state index contributed by atoms with van der Waals surface area (Å²) < 4.78 is 5.61. The van der Waals surface area contributed by atoms with Crippen molar-refractivity contribution >= 4 is 13.8 Å². The van der Waals surface area contributed by atoms with E-state index < -0.39 is 5.60 Å². The zero-order valence-electron chi connectivity index (χ0n) is 13.4. The van der Waals surface area contributed by atoms with E-state index in [9.17, 15) is 4.79 Å². The molecule has 0 heterocycles. The summed E-state index contributed by atoms with van der Waals surface area (Å²) in [5, 5.41) is 0. The molecular weight excluding hydrogens is 259 g/mol. The molecule has 1 unspecified atom stereocenters. The number of benzene rings is 1. The van der Waals surface area contributed by atoms with Gasteiger partial charge < -0.3 is 4.74 Å². The summed E-state index contributed by atoms with van der Waals surface area (Å²) in [4.78, 5) is 12.5. The number of esters is 1. The Kier molecular flexibility index (Phi) is 5.13. The zero-order valence-corrected chi connectivity index (χ0v) is 13.4. The van der Waals surface area contributed by atoms with Crippen LogP contribution in [0.2, 0.25) is 0 Å². The summed E-state index contributed by atoms with van der Waals surface area (Å²) >= 11 is 0. The van der Waals surface area contributed by atoms with Crippen molar-refractivity contribution in [3.05, 3.63) is 35.4 Å². The predicted octanol–water partition coefficient (Wildman–Crippen LogP) is 3.97. The first-order chi connectivity index (χ1) is 9.90. The normalized spacial score (nSPS) is 22.8. The Bertz CT molecular complexity index is 473. The van der Waals surface area contributed by atoms with Crippen LogP contribution in [0.15, 0.2) is 24.3 Å². The van der Waals surface area contributed by atoms with Crippen LogP contribution in [-0.2, 0) is 15.9 Å². The van der Waals surface area contributed by atoms with Gasteiger partial charge in [0.15, 0.2) is 0 Å². The predicted molar refractivity (Wildman–Crippen MR) is 86.4 cm³/mol. The summed E-state index contributed by atoms with van der Waals surface area (Å²) in [6.07, 6.45) is 4.84. The van der Waals surface area contributed by atoms with Crippen LogP contribution in [0.25, 0.3) is 0 Å². The van der Waals surface area contributed by atoms with Crippen LogP contribution in [0.4, 0.5) is 0 Å².